The van der Waals surface area contributed by atoms with Crippen LogP contribution < -0.4 is 14.8 Å². The summed E-state index contributed by atoms with van der Waals surface area (Å²) in [6.45, 7) is 5.11. The molecule has 3 rings (SSSR count). The van der Waals surface area contributed by atoms with Crippen molar-refractivity contribution < 1.29 is 17.9 Å². The van der Waals surface area contributed by atoms with Crippen LogP contribution in [0.1, 0.15) is 18.3 Å². The number of nitrogens with one attached hydrogen (secondary N) is 2. The summed E-state index contributed by atoms with van der Waals surface area (Å²) in [6.07, 6.45) is -0.770. The maximum atomic E-state index is 12.6. The van der Waals surface area contributed by atoms with E-state index in [1.54, 1.807) is 51.1 Å². The Morgan fingerprint density at radius 1 is 1.00 bits per heavy atom. The summed E-state index contributed by atoms with van der Waals surface area (Å²) < 4.78 is 33.1. The smallest absolute Gasteiger partial charge is 0.265 e. The lowest BCUT2D eigenvalue weighted by atomic mass is 10.3. The van der Waals surface area contributed by atoms with Crippen LogP contribution in [0, 0.1) is 13.8 Å². The van der Waals surface area contributed by atoms with E-state index < -0.39 is 16.1 Å². The first-order valence-electron chi connectivity index (χ1n) is 9.31. The first-order valence-corrected chi connectivity index (χ1v) is 11.2. The molecule has 0 aliphatic rings. The van der Waals surface area contributed by atoms with E-state index in [4.69, 9.17) is 16.3 Å². The van der Waals surface area contributed by atoms with E-state index in [0.717, 1.165) is 0 Å². The maximum absolute atomic E-state index is 12.6. The largest absolute Gasteiger partial charge is 0.481 e. The van der Waals surface area contributed by atoms with Crippen LogP contribution in [0.3, 0.4) is 0 Å². The number of halogens is 1. The Hall–Kier alpha value is -3.17. The van der Waals surface area contributed by atoms with Crippen molar-refractivity contribution in [3.63, 3.8) is 0 Å². The summed E-state index contributed by atoms with van der Waals surface area (Å²) in [4.78, 5) is 20.5. The molecule has 2 N–H and O–H groups in total. The van der Waals surface area contributed by atoms with Gasteiger partial charge in [-0.2, -0.15) is 0 Å². The molecular formula is C21H21ClN4O4S. The van der Waals surface area contributed by atoms with Gasteiger partial charge in [-0.25, -0.2) is 23.1 Å². The number of hydrogen-bond acceptors (Lipinski definition) is 6. The fraction of sp³-hybridized carbons (Fsp3) is 0.190. The fourth-order valence-electron chi connectivity index (χ4n) is 2.68. The highest BCUT2D eigenvalue weighted by molar-refractivity contribution is 7.92. The van der Waals surface area contributed by atoms with Gasteiger partial charge in [0.1, 0.15) is 5.75 Å². The first kappa shape index (κ1) is 22.5. The molecule has 1 heterocycles. The van der Waals surface area contributed by atoms with Crippen LogP contribution in [-0.2, 0) is 14.8 Å². The first-order chi connectivity index (χ1) is 14.6. The summed E-state index contributed by atoms with van der Waals surface area (Å²) in [5.74, 6) is 0.128. The van der Waals surface area contributed by atoms with Crippen molar-refractivity contribution in [2.45, 2.75) is 31.8 Å². The molecule has 0 aliphatic heterocycles. The highest BCUT2D eigenvalue weighted by Crippen LogP contribution is 2.19. The molecule has 1 aromatic heterocycles. The Morgan fingerprint density at radius 2 is 1.58 bits per heavy atom. The zero-order chi connectivity index (χ0) is 22.6. The fourth-order valence-corrected chi connectivity index (χ4v) is 3.75. The summed E-state index contributed by atoms with van der Waals surface area (Å²) in [6, 6.07) is 14.1. The van der Waals surface area contributed by atoms with Crippen molar-refractivity contribution in [2.75, 3.05) is 10.0 Å². The minimum absolute atomic E-state index is 0.00283. The molecule has 1 unspecified atom stereocenters. The molecular weight excluding hydrogens is 440 g/mol. The molecule has 10 heteroatoms. The molecule has 0 aliphatic carbocycles. The van der Waals surface area contributed by atoms with Crippen LogP contribution in [0.5, 0.6) is 5.75 Å². The third-order valence-corrected chi connectivity index (χ3v) is 5.73. The summed E-state index contributed by atoms with van der Waals surface area (Å²) >= 11 is 5.83. The molecule has 1 amide bonds. The summed E-state index contributed by atoms with van der Waals surface area (Å²) in [5, 5.41) is 3.25. The minimum atomic E-state index is -3.88. The van der Waals surface area contributed by atoms with Crippen LogP contribution in [0.15, 0.2) is 59.5 Å². The quantitative estimate of drug-likeness (QED) is 0.552. The van der Waals surface area contributed by atoms with Gasteiger partial charge in [-0.1, -0.05) is 11.6 Å². The SMILES string of the molecule is Cc1cc(C)nc(NS(=O)(=O)c2ccc(NC(=O)C(C)Oc3ccc(Cl)cc3)cc2)n1. The number of ether oxygens (including phenoxy) is 1. The van der Waals surface area contributed by atoms with Gasteiger partial charge in [0, 0.05) is 22.1 Å². The number of aryl methyl sites for hydroxylation is 2. The molecule has 162 valence electrons. The van der Waals surface area contributed by atoms with Crippen molar-refractivity contribution in [3.8, 4) is 5.75 Å². The number of aromatic nitrogens is 2. The van der Waals surface area contributed by atoms with Crippen LogP contribution in [0.2, 0.25) is 5.02 Å². The second kappa shape index (κ2) is 9.32. The van der Waals surface area contributed by atoms with Gasteiger partial charge in [-0.05, 0) is 75.4 Å². The number of benzene rings is 2. The van der Waals surface area contributed by atoms with E-state index in [1.807, 2.05) is 0 Å². The molecule has 0 bridgehead atoms. The van der Waals surface area contributed by atoms with Crippen molar-refractivity contribution >= 4 is 39.2 Å². The van der Waals surface area contributed by atoms with Crippen molar-refractivity contribution in [1.82, 2.24) is 9.97 Å². The molecule has 1 atom stereocenters. The van der Waals surface area contributed by atoms with Gasteiger partial charge in [0.25, 0.3) is 15.9 Å². The molecule has 3 aromatic rings. The van der Waals surface area contributed by atoms with Crippen LogP contribution >= 0.6 is 11.6 Å². The monoisotopic (exact) mass is 460 g/mol. The van der Waals surface area contributed by atoms with Gasteiger partial charge in [-0.15, -0.1) is 0 Å². The van der Waals surface area contributed by atoms with Crippen LogP contribution in [-0.4, -0.2) is 30.4 Å². The molecule has 2 aromatic carbocycles. The van der Waals surface area contributed by atoms with E-state index in [2.05, 4.69) is 20.0 Å². The zero-order valence-corrected chi connectivity index (χ0v) is 18.7. The third-order valence-electron chi connectivity index (χ3n) is 4.14. The number of amides is 1. The summed E-state index contributed by atoms with van der Waals surface area (Å²) in [5.41, 5.74) is 1.73. The van der Waals surface area contributed by atoms with Crippen molar-refractivity contribution in [3.05, 3.63) is 71.0 Å². The van der Waals surface area contributed by atoms with Gasteiger partial charge in [0.15, 0.2) is 6.10 Å². The highest BCUT2D eigenvalue weighted by atomic mass is 35.5. The van der Waals surface area contributed by atoms with Gasteiger partial charge < -0.3 is 10.1 Å². The van der Waals surface area contributed by atoms with Crippen molar-refractivity contribution in [1.29, 1.82) is 0 Å². The lowest BCUT2D eigenvalue weighted by molar-refractivity contribution is -0.122. The maximum Gasteiger partial charge on any atom is 0.265 e. The molecule has 0 saturated carbocycles. The molecule has 0 fully saturated rings. The van der Waals surface area contributed by atoms with E-state index in [0.29, 0.717) is 27.8 Å². The number of anilines is 2. The normalized spacial score (nSPS) is 12.1. The van der Waals surface area contributed by atoms with Gasteiger partial charge >= 0.3 is 0 Å². The highest BCUT2D eigenvalue weighted by Gasteiger charge is 2.18. The topological polar surface area (TPSA) is 110 Å². The molecule has 0 saturated heterocycles. The van der Waals surface area contributed by atoms with Gasteiger partial charge in [0.2, 0.25) is 5.95 Å². The number of rotatable bonds is 7. The Balaban J connectivity index is 1.64. The van der Waals surface area contributed by atoms with Crippen LogP contribution in [0.4, 0.5) is 11.6 Å². The molecule has 8 nitrogen and oxygen atoms in total. The number of hydrogen-bond donors (Lipinski definition) is 2. The zero-order valence-electron chi connectivity index (χ0n) is 17.1. The van der Waals surface area contributed by atoms with Crippen LogP contribution in [0.25, 0.3) is 0 Å². The van der Waals surface area contributed by atoms with E-state index in [-0.39, 0.29) is 16.8 Å². The predicted octanol–water partition coefficient (Wildman–Crippen LogP) is 3.95. The Labute approximate surface area is 185 Å². The Morgan fingerprint density at radius 3 is 2.16 bits per heavy atom. The van der Waals surface area contributed by atoms with E-state index in [1.165, 1.54) is 24.3 Å². The number of carbonyl (C=O) groups excluding carboxylic acids is 1. The van der Waals surface area contributed by atoms with Gasteiger partial charge in [0.05, 0.1) is 4.90 Å². The third kappa shape index (κ3) is 6.16. The molecule has 0 spiro atoms. The molecule has 31 heavy (non-hydrogen) atoms. The average molecular weight is 461 g/mol. The standard InChI is InChI=1S/C21H21ClN4O4S/c1-13-12-14(2)24-21(23-13)26-31(28,29)19-10-6-17(7-11-19)25-20(27)15(3)30-18-8-4-16(22)5-9-18/h4-12,15H,1-3H3,(H,25,27)(H,23,24,26). The molecule has 0 radical (unpaired) electrons. The summed E-state index contributed by atoms with van der Waals surface area (Å²) in [7, 11) is -3.88. The lowest BCUT2D eigenvalue weighted by Gasteiger charge is -2.15. The Bertz CT molecular complexity index is 1160. The van der Waals surface area contributed by atoms with Crippen molar-refractivity contribution in [2.24, 2.45) is 0 Å². The second-order valence-electron chi connectivity index (χ2n) is 6.81. The number of sulfonamides is 1. The minimum Gasteiger partial charge on any atom is -0.481 e. The van der Waals surface area contributed by atoms with E-state index >= 15 is 0 Å². The Kier molecular flexibility index (Phi) is 6.77. The number of carbonyl (C=O) groups is 1. The number of nitrogens with zero attached hydrogens (tertiary/aromatic N) is 2. The average Bonchev–Trinajstić information content (AvgIpc) is 2.69. The van der Waals surface area contributed by atoms with E-state index in [9.17, 15) is 13.2 Å². The van der Waals surface area contributed by atoms with Gasteiger partial charge in [-0.3, -0.25) is 4.79 Å². The predicted molar refractivity (Wildman–Crippen MR) is 119 cm³/mol. The second-order valence-corrected chi connectivity index (χ2v) is 8.93. The lowest BCUT2D eigenvalue weighted by Crippen LogP contribution is -2.30.